The third-order valence-corrected chi connectivity index (χ3v) is 6.05. The maximum Gasteiger partial charge on any atom is 0.239 e. The van der Waals surface area contributed by atoms with Crippen LogP contribution in [0.1, 0.15) is 73.7 Å². The summed E-state index contributed by atoms with van der Waals surface area (Å²) in [5, 5.41) is 6.69. The molecule has 0 saturated heterocycles. The first-order chi connectivity index (χ1) is 14.2. The summed E-state index contributed by atoms with van der Waals surface area (Å²) in [4.78, 5) is 12.7. The first-order valence-corrected chi connectivity index (χ1v) is 11.2. The van der Waals surface area contributed by atoms with Gasteiger partial charge in [0.25, 0.3) is 0 Å². The minimum Gasteiger partial charge on any atom is -0.376 e. The van der Waals surface area contributed by atoms with E-state index in [-0.39, 0.29) is 11.9 Å². The number of carbonyl (C=O) groups excluding carboxylic acids is 1. The predicted octanol–water partition coefficient (Wildman–Crippen LogP) is 5.32. The van der Waals surface area contributed by atoms with Gasteiger partial charge in [-0.05, 0) is 72.8 Å². The van der Waals surface area contributed by atoms with Crippen LogP contribution in [0.2, 0.25) is 0 Å². The quantitative estimate of drug-likeness (QED) is 0.643. The topological polar surface area (TPSA) is 41.1 Å². The van der Waals surface area contributed by atoms with Crippen molar-refractivity contribution in [3.05, 3.63) is 76.4 Å². The zero-order valence-electron chi connectivity index (χ0n) is 17.5. The van der Waals surface area contributed by atoms with Gasteiger partial charge in [0, 0.05) is 5.70 Å². The fourth-order valence-corrected chi connectivity index (χ4v) is 4.28. The lowest BCUT2D eigenvalue weighted by atomic mass is 9.88. The molecule has 2 aromatic carbocycles. The fraction of sp³-hybridized carbons (Fsp3) is 0.423. The van der Waals surface area contributed by atoms with Crippen LogP contribution in [0, 0.1) is 0 Å². The fourth-order valence-electron chi connectivity index (χ4n) is 4.28. The molecule has 2 aliphatic rings. The Balaban J connectivity index is 1.36. The Bertz CT molecular complexity index is 876. The predicted molar refractivity (Wildman–Crippen MR) is 119 cm³/mol. The Morgan fingerprint density at radius 3 is 2.59 bits per heavy atom. The van der Waals surface area contributed by atoms with Crippen LogP contribution in [-0.2, 0) is 17.6 Å². The molecule has 4 rings (SSSR count). The minimum absolute atomic E-state index is 0.0741. The second-order valence-electron chi connectivity index (χ2n) is 8.34. The average Bonchev–Trinajstić information content (AvgIpc) is 3.59. The minimum atomic E-state index is 0.0741. The molecule has 0 heterocycles. The SMILES string of the molecule is CCCCc1ccc(C(NCC(=O)NC2CCCc3ccccc32)=C2CC2)cc1. The van der Waals surface area contributed by atoms with Crippen molar-refractivity contribution in [3.8, 4) is 0 Å². The molecular formula is C26H32N2O. The Morgan fingerprint density at radius 2 is 1.83 bits per heavy atom. The Kier molecular flexibility index (Phi) is 6.33. The van der Waals surface area contributed by atoms with Crippen molar-refractivity contribution in [2.24, 2.45) is 0 Å². The first-order valence-electron chi connectivity index (χ1n) is 11.2. The number of hydrogen-bond acceptors (Lipinski definition) is 2. The van der Waals surface area contributed by atoms with Gasteiger partial charge in [-0.3, -0.25) is 4.79 Å². The van der Waals surface area contributed by atoms with Gasteiger partial charge in [-0.25, -0.2) is 0 Å². The van der Waals surface area contributed by atoms with Gasteiger partial charge in [0.2, 0.25) is 5.91 Å². The van der Waals surface area contributed by atoms with Gasteiger partial charge in [-0.2, -0.15) is 0 Å². The third kappa shape index (κ3) is 5.09. The number of benzene rings is 2. The molecule has 29 heavy (non-hydrogen) atoms. The van der Waals surface area contributed by atoms with Crippen molar-refractivity contribution < 1.29 is 4.79 Å². The van der Waals surface area contributed by atoms with E-state index in [9.17, 15) is 4.79 Å². The van der Waals surface area contributed by atoms with Crippen molar-refractivity contribution >= 4 is 11.6 Å². The van der Waals surface area contributed by atoms with E-state index >= 15 is 0 Å². The van der Waals surface area contributed by atoms with Crippen molar-refractivity contribution in [3.63, 3.8) is 0 Å². The molecule has 152 valence electrons. The highest BCUT2D eigenvalue weighted by Crippen LogP contribution is 2.35. The van der Waals surface area contributed by atoms with E-state index in [4.69, 9.17) is 0 Å². The normalized spacial score (nSPS) is 17.4. The summed E-state index contributed by atoms with van der Waals surface area (Å²) in [6, 6.07) is 17.5. The Morgan fingerprint density at radius 1 is 1.03 bits per heavy atom. The van der Waals surface area contributed by atoms with Gasteiger partial charge in [0.15, 0.2) is 0 Å². The molecule has 3 nitrogen and oxygen atoms in total. The van der Waals surface area contributed by atoms with E-state index in [0.717, 1.165) is 44.2 Å². The lowest BCUT2D eigenvalue weighted by Crippen LogP contribution is -2.37. The zero-order chi connectivity index (χ0) is 20.1. The van der Waals surface area contributed by atoms with Gasteiger partial charge in [0.05, 0.1) is 12.6 Å². The summed E-state index contributed by atoms with van der Waals surface area (Å²) in [5.74, 6) is 0.0741. The van der Waals surface area contributed by atoms with Crippen molar-refractivity contribution in [2.45, 2.75) is 64.3 Å². The van der Waals surface area contributed by atoms with E-state index in [1.807, 2.05) is 0 Å². The van der Waals surface area contributed by atoms with E-state index < -0.39 is 0 Å². The maximum absolute atomic E-state index is 12.7. The van der Waals surface area contributed by atoms with Gasteiger partial charge in [-0.15, -0.1) is 0 Å². The molecule has 0 aromatic heterocycles. The number of hydrogen-bond donors (Lipinski definition) is 2. The molecule has 3 heteroatoms. The molecule has 0 aliphatic heterocycles. The number of fused-ring (bicyclic) bond motifs is 1. The van der Waals surface area contributed by atoms with Crippen LogP contribution in [0.25, 0.3) is 5.70 Å². The summed E-state index contributed by atoms with van der Waals surface area (Å²) in [6.45, 7) is 2.56. The molecule has 1 amide bonds. The van der Waals surface area contributed by atoms with Gasteiger partial charge in [-0.1, -0.05) is 61.9 Å². The van der Waals surface area contributed by atoms with E-state index in [1.165, 1.54) is 40.7 Å². The molecular weight excluding hydrogens is 356 g/mol. The molecule has 1 atom stereocenters. The van der Waals surface area contributed by atoms with Crippen LogP contribution in [-0.4, -0.2) is 12.5 Å². The van der Waals surface area contributed by atoms with Gasteiger partial charge in [0.1, 0.15) is 0 Å². The molecule has 2 aromatic rings. The largest absolute Gasteiger partial charge is 0.376 e. The number of carbonyl (C=O) groups is 1. The van der Waals surface area contributed by atoms with Crippen LogP contribution in [0.15, 0.2) is 54.1 Å². The van der Waals surface area contributed by atoms with Crippen LogP contribution in [0.3, 0.4) is 0 Å². The lowest BCUT2D eigenvalue weighted by molar-refractivity contribution is -0.120. The van der Waals surface area contributed by atoms with Crippen molar-refractivity contribution in [1.82, 2.24) is 10.6 Å². The van der Waals surface area contributed by atoms with E-state index in [0.29, 0.717) is 6.54 Å². The summed E-state index contributed by atoms with van der Waals surface area (Å²) in [6.07, 6.45) is 9.14. The molecule has 0 bridgehead atoms. The highest BCUT2D eigenvalue weighted by atomic mass is 16.2. The number of aryl methyl sites for hydroxylation is 2. The molecule has 1 unspecified atom stereocenters. The molecule has 1 fully saturated rings. The lowest BCUT2D eigenvalue weighted by Gasteiger charge is -2.26. The molecule has 2 aliphatic carbocycles. The standard InChI is InChI=1S/C26H32N2O/c1-2-3-7-19-12-14-21(15-13-19)26(22-16-17-22)27-18-25(29)28-24-11-6-9-20-8-4-5-10-23(20)24/h4-5,8,10,12-15,24,27H,2-3,6-7,9,11,16-18H2,1H3,(H,28,29). The second kappa shape index (κ2) is 9.30. The number of nitrogens with one attached hydrogen (secondary N) is 2. The van der Waals surface area contributed by atoms with Crippen LogP contribution < -0.4 is 10.6 Å². The maximum atomic E-state index is 12.7. The number of rotatable bonds is 8. The third-order valence-electron chi connectivity index (χ3n) is 6.05. The summed E-state index contributed by atoms with van der Waals surface area (Å²) in [7, 11) is 0. The van der Waals surface area contributed by atoms with Crippen LogP contribution in [0.5, 0.6) is 0 Å². The van der Waals surface area contributed by atoms with Crippen molar-refractivity contribution in [1.29, 1.82) is 0 Å². The van der Waals surface area contributed by atoms with Gasteiger partial charge >= 0.3 is 0 Å². The zero-order valence-corrected chi connectivity index (χ0v) is 17.5. The summed E-state index contributed by atoms with van der Waals surface area (Å²) < 4.78 is 0. The highest BCUT2D eigenvalue weighted by molar-refractivity contribution is 5.81. The smallest absolute Gasteiger partial charge is 0.239 e. The molecule has 0 radical (unpaired) electrons. The summed E-state index contributed by atoms with van der Waals surface area (Å²) in [5.41, 5.74) is 7.85. The molecule has 2 N–H and O–H groups in total. The van der Waals surface area contributed by atoms with E-state index in [2.05, 4.69) is 66.1 Å². The van der Waals surface area contributed by atoms with Crippen LogP contribution in [0.4, 0.5) is 0 Å². The van der Waals surface area contributed by atoms with Gasteiger partial charge < -0.3 is 10.6 Å². The monoisotopic (exact) mass is 388 g/mol. The van der Waals surface area contributed by atoms with Crippen molar-refractivity contribution in [2.75, 3.05) is 6.54 Å². The second-order valence-corrected chi connectivity index (χ2v) is 8.34. The average molecular weight is 389 g/mol. The molecule has 1 saturated carbocycles. The number of allylic oxidation sites excluding steroid dienone is 1. The Labute approximate surface area is 174 Å². The van der Waals surface area contributed by atoms with Crippen LogP contribution >= 0.6 is 0 Å². The first kappa shape index (κ1) is 19.8. The summed E-state index contributed by atoms with van der Waals surface area (Å²) >= 11 is 0. The Hall–Kier alpha value is -2.55. The number of unbranched alkanes of at least 4 members (excludes halogenated alkanes) is 1. The van der Waals surface area contributed by atoms with E-state index in [1.54, 1.807) is 0 Å². The molecule has 0 spiro atoms. The highest BCUT2D eigenvalue weighted by Gasteiger charge is 2.23. The number of amides is 1.